The van der Waals surface area contributed by atoms with Crippen LogP contribution < -0.4 is 0 Å². The molecule has 2 aromatic carbocycles. The molecule has 9 nitrogen and oxygen atoms in total. The number of nitro benzene ring substituents is 2. The van der Waals surface area contributed by atoms with Crippen molar-refractivity contribution in [1.29, 1.82) is 0 Å². The van der Waals surface area contributed by atoms with Crippen molar-refractivity contribution in [1.82, 2.24) is 0 Å². The fourth-order valence-corrected chi connectivity index (χ4v) is 3.03. The lowest BCUT2D eigenvalue weighted by molar-refractivity contribution is -0.385. The maximum absolute atomic E-state index is 12.4. The molecule has 2 rings (SSSR count). The number of carbonyl (C=O) groups is 2. The Kier molecular flexibility index (Phi) is 5.39. The van der Waals surface area contributed by atoms with Gasteiger partial charge in [-0.3, -0.25) is 25.0 Å². The number of thiol groups is 1. The molecule has 25 heavy (non-hydrogen) atoms. The Morgan fingerprint density at radius 3 is 2.00 bits per heavy atom. The van der Waals surface area contributed by atoms with Gasteiger partial charge in [0.05, 0.1) is 15.4 Å². The predicted octanol–water partition coefficient (Wildman–Crippen LogP) is 3.42. The number of nitro groups is 2. The van der Waals surface area contributed by atoms with E-state index in [0.29, 0.717) is 11.8 Å². The van der Waals surface area contributed by atoms with Crippen molar-refractivity contribution in [2.24, 2.45) is 0 Å². The van der Waals surface area contributed by atoms with Gasteiger partial charge in [-0.25, -0.2) is 4.79 Å². The average molecular weight is 380 g/mol. The quantitative estimate of drug-likeness (QED) is 0.348. The maximum atomic E-state index is 12.4. The first-order valence-electron chi connectivity index (χ1n) is 6.42. The van der Waals surface area contributed by atoms with E-state index in [-0.39, 0.29) is 21.0 Å². The zero-order valence-corrected chi connectivity index (χ0v) is 13.8. The number of hydrogen-bond acceptors (Lipinski definition) is 8. The van der Waals surface area contributed by atoms with Crippen molar-refractivity contribution < 1.29 is 24.5 Å². The highest BCUT2D eigenvalue weighted by Crippen LogP contribution is 2.32. The van der Waals surface area contributed by atoms with E-state index in [4.69, 9.17) is 0 Å². The van der Waals surface area contributed by atoms with Crippen LogP contribution in [0.2, 0.25) is 0 Å². The molecule has 0 aromatic heterocycles. The zero-order chi connectivity index (χ0) is 18.7. The van der Waals surface area contributed by atoms with Crippen LogP contribution in [0.3, 0.4) is 0 Å². The van der Waals surface area contributed by atoms with Gasteiger partial charge in [0, 0.05) is 39.6 Å². The molecule has 0 saturated carbocycles. The zero-order valence-electron chi connectivity index (χ0n) is 12.1. The summed E-state index contributed by atoms with van der Waals surface area (Å²) in [6.45, 7) is 0. The van der Waals surface area contributed by atoms with Crippen LogP contribution in [0, 0.1) is 20.2 Å². The average Bonchev–Trinajstić information content (AvgIpc) is 2.54. The van der Waals surface area contributed by atoms with E-state index in [1.54, 1.807) is 0 Å². The van der Waals surface area contributed by atoms with Gasteiger partial charge in [-0.05, 0) is 23.9 Å². The molecular formula is C14H8N2O7S2. The van der Waals surface area contributed by atoms with Crippen LogP contribution in [0.15, 0.2) is 46.2 Å². The molecule has 0 heterocycles. The largest absolute Gasteiger partial charge is 0.478 e. The minimum atomic E-state index is -1.44. The summed E-state index contributed by atoms with van der Waals surface area (Å²) in [5.74, 6) is -1.44. The van der Waals surface area contributed by atoms with Gasteiger partial charge in [-0.2, -0.15) is 0 Å². The van der Waals surface area contributed by atoms with Crippen molar-refractivity contribution in [3.05, 3.63) is 67.8 Å². The third-order valence-corrected chi connectivity index (χ3v) is 4.39. The molecule has 0 bridgehead atoms. The van der Waals surface area contributed by atoms with Crippen molar-refractivity contribution in [3.63, 3.8) is 0 Å². The third kappa shape index (κ3) is 4.14. The number of non-ortho nitro benzene ring substituents is 2. The number of carboxylic acids is 1. The van der Waals surface area contributed by atoms with Gasteiger partial charge in [-0.15, -0.1) is 12.6 Å². The molecular weight excluding hydrogens is 372 g/mol. The molecule has 128 valence electrons. The second-order valence-corrected chi connectivity index (χ2v) is 6.09. The highest BCUT2D eigenvalue weighted by Gasteiger charge is 2.21. The number of nitrogens with zero attached hydrogens (tertiary/aromatic N) is 2. The topological polar surface area (TPSA) is 141 Å². The Morgan fingerprint density at radius 2 is 1.48 bits per heavy atom. The van der Waals surface area contributed by atoms with Crippen LogP contribution in [0.4, 0.5) is 11.4 Å². The summed E-state index contributed by atoms with van der Waals surface area (Å²) >= 11 is 4.56. The Balaban J connectivity index is 2.41. The number of aromatic carboxylic acids is 1. The minimum Gasteiger partial charge on any atom is -0.478 e. The first-order chi connectivity index (χ1) is 11.7. The van der Waals surface area contributed by atoms with E-state index in [1.807, 2.05) is 0 Å². The number of benzene rings is 2. The summed E-state index contributed by atoms with van der Waals surface area (Å²) < 4.78 is 0. The van der Waals surface area contributed by atoms with Gasteiger partial charge in [0.2, 0.25) is 5.12 Å². The Hall–Kier alpha value is -2.92. The molecule has 0 aliphatic rings. The Morgan fingerprint density at radius 1 is 0.960 bits per heavy atom. The van der Waals surface area contributed by atoms with Crippen molar-refractivity contribution in [2.75, 3.05) is 0 Å². The lowest BCUT2D eigenvalue weighted by Gasteiger charge is -2.07. The molecule has 11 heteroatoms. The Labute approximate surface area is 149 Å². The van der Waals surface area contributed by atoms with Crippen LogP contribution >= 0.6 is 24.4 Å². The second-order valence-electron chi connectivity index (χ2n) is 4.59. The van der Waals surface area contributed by atoms with E-state index in [9.17, 15) is 34.9 Å². The van der Waals surface area contributed by atoms with Gasteiger partial charge >= 0.3 is 5.97 Å². The standard InChI is InChI=1S/C14H8N2O7S2/c17-13(18)10-6-8(16(22)23)2-4-12(10)25-14(19)9-5-7(15(20)21)1-3-11(9)24/h1-6,24H,(H,17,18). The lowest BCUT2D eigenvalue weighted by atomic mass is 10.2. The second kappa shape index (κ2) is 7.32. The van der Waals surface area contributed by atoms with Crippen molar-refractivity contribution in [2.45, 2.75) is 9.79 Å². The fourth-order valence-electron chi connectivity index (χ4n) is 1.84. The summed E-state index contributed by atoms with van der Waals surface area (Å²) in [5, 5.41) is 30.1. The van der Waals surface area contributed by atoms with Gasteiger partial charge in [0.15, 0.2) is 0 Å². The SMILES string of the molecule is O=C(Sc1ccc([N+](=O)[O-])cc1C(=O)O)c1cc([N+](=O)[O-])ccc1S. The summed E-state index contributed by atoms with van der Waals surface area (Å²) in [6, 6.07) is 6.54. The summed E-state index contributed by atoms with van der Waals surface area (Å²) in [5.41, 5.74) is -1.24. The van der Waals surface area contributed by atoms with Gasteiger partial charge in [-0.1, -0.05) is 0 Å². The fraction of sp³-hybridized carbons (Fsp3) is 0. The maximum Gasteiger partial charge on any atom is 0.337 e. The summed E-state index contributed by atoms with van der Waals surface area (Å²) in [6.07, 6.45) is 0. The van der Waals surface area contributed by atoms with Gasteiger partial charge in [0.25, 0.3) is 11.4 Å². The van der Waals surface area contributed by atoms with Gasteiger partial charge < -0.3 is 5.11 Å². The highest BCUT2D eigenvalue weighted by molar-refractivity contribution is 8.14. The first-order valence-corrected chi connectivity index (χ1v) is 7.68. The number of thioether (sulfide) groups is 1. The van der Waals surface area contributed by atoms with E-state index >= 15 is 0 Å². The first kappa shape index (κ1) is 18.4. The molecule has 0 radical (unpaired) electrons. The summed E-state index contributed by atoms with van der Waals surface area (Å²) in [7, 11) is 0. The summed E-state index contributed by atoms with van der Waals surface area (Å²) in [4.78, 5) is 43.9. The smallest absolute Gasteiger partial charge is 0.337 e. The predicted molar refractivity (Wildman–Crippen MR) is 90.6 cm³/mol. The molecule has 0 aliphatic carbocycles. The number of hydrogen-bond donors (Lipinski definition) is 2. The molecule has 2 aromatic rings. The molecule has 0 unspecified atom stereocenters. The molecule has 0 atom stereocenters. The monoisotopic (exact) mass is 380 g/mol. The molecule has 0 aliphatic heterocycles. The Bertz CT molecular complexity index is 914. The third-order valence-electron chi connectivity index (χ3n) is 3.02. The van der Waals surface area contributed by atoms with Crippen LogP contribution in [0.1, 0.15) is 20.7 Å². The van der Waals surface area contributed by atoms with Crippen molar-refractivity contribution >= 4 is 46.9 Å². The van der Waals surface area contributed by atoms with Crippen LogP contribution in [0.25, 0.3) is 0 Å². The van der Waals surface area contributed by atoms with Crippen LogP contribution in [0.5, 0.6) is 0 Å². The number of carbonyl (C=O) groups excluding carboxylic acids is 1. The molecule has 0 fully saturated rings. The molecule has 1 N–H and O–H groups in total. The number of rotatable bonds is 5. The van der Waals surface area contributed by atoms with Crippen molar-refractivity contribution in [3.8, 4) is 0 Å². The van der Waals surface area contributed by atoms with E-state index in [1.165, 1.54) is 12.1 Å². The number of carboxylic acid groups (broad SMARTS) is 1. The van der Waals surface area contributed by atoms with E-state index < -0.39 is 32.2 Å². The van der Waals surface area contributed by atoms with Crippen LogP contribution in [-0.2, 0) is 0 Å². The van der Waals surface area contributed by atoms with E-state index in [0.717, 1.165) is 24.3 Å². The van der Waals surface area contributed by atoms with E-state index in [2.05, 4.69) is 12.6 Å². The lowest BCUT2D eigenvalue weighted by Crippen LogP contribution is -2.03. The highest BCUT2D eigenvalue weighted by atomic mass is 32.2. The molecule has 0 spiro atoms. The normalized spacial score (nSPS) is 10.3. The molecule has 0 saturated heterocycles. The van der Waals surface area contributed by atoms with Crippen LogP contribution in [-0.4, -0.2) is 26.0 Å². The minimum absolute atomic E-state index is 0.0256. The van der Waals surface area contributed by atoms with Gasteiger partial charge in [0.1, 0.15) is 0 Å². The molecule has 0 amide bonds.